The number of nitrogens with one attached hydrogen (secondary N) is 3. The number of aryl methyl sites for hydroxylation is 2. The fourth-order valence-corrected chi connectivity index (χ4v) is 2.95. The number of nitrogens with zero attached hydrogens (tertiary/aromatic N) is 2. The summed E-state index contributed by atoms with van der Waals surface area (Å²) >= 11 is 0. The van der Waals surface area contributed by atoms with Gasteiger partial charge in [-0.25, -0.2) is 9.97 Å². The molecule has 0 saturated carbocycles. The first kappa shape index (κ1) is 20.0. The second-order valence-electron chi connectivity index (χ2n) is 6.59. The van der Waals surface area contributed by atoms with Crippen molar-refractivity contribution in [1.82, 2.24) is 9.97 Å². The van der Waals surface area contributed by atoms with E-state index in [1.54, 1.807) is 30.3 Å². The SMILES string of the molecule is CCc1cccc(C)c1Nc1cc(C(=O)Nc2cccc(NC(C)=O)c2)ncn1. The normalized spacial score (nSPS) is 10.3. The highest BCUT2D eigenvalue weighted by Gasteiger charge is 2.11. The van der Waals surface area contributed by atoms with Crippen LogP contribution in [0.15, 0.2) is 54.9 Å². The van der Waals surface area contributed by atoms with E-state index in [4.69, 9.17) is 0 Å². The lowest BCUT2D eigenvalue weighted by Crippen LogP contribution is -2.15. The second kappa shape index (κ2) is 8.97. The average Bonchev–Trinajstić information content (AvgIpc) is 2.69. The van der Waals surface area contributed by atoms with Gasteiger partial charge in [0.2, 0.25) is 5.91 Å². The molecule has 1 aromatic heterocycles. The maximum atomic E-state index is 12.6. The van der Waals surface area contributed by atoms with Crippen LogP contribution in [0.25, 0.3) is 0 Å². The van der Waals surface area contributed by atoms with Gasteiger partial charge in [-0.2, -0.15) is 0 Å². The van der Waals surface area contributed by atoms with Crippen molar-refractivity contribution in [2.45, 2.75) is 27.2 Å². The lowest BCUT2D eigenvalue weighted by molar-refractivity contribution is -0.114. The van der Waals surface area contributed by atoms with Gasteiger partial charge in [0.25, 0.3) is 5.91 Å². The first-order valence-corrected chi connectivity index (χ1v) is 9.33. The molecule has 148 valence electrons. The van der Waals surface area contributed by atoms with Gasteiger partial charge in [-0.15, -0.1) is 0 Å². The Kier molecular flexibility index (Phi) is 6.19. The third-order valence-electron chi connectivity index (χ3n) is 4.33. The van der Waals surface area contributed by atoms with E-state index in [-0.39, 0.29) is 17.5 Å². The highest BCUT2D eigenvalue weighted by atomic mass is 16.2. The number of amides is 2. The topological polar surface area (TPSA) is 96.0 Å². The number of rotatable bonds is 6. The second-order valence-corrected chi connectivity index (χ2v) is 6.59. The summed E-state index contributed by atoms with van der Waals surface area (Å²) in [7, 11) is 0. The Morgan fingerprint density at radius 2 is 1.69 bits per heavy atom. The van der Waals surface area contributed by atoms with Crippen molar-refractivity contribution in [1.29, 1.82) is 0 Å². The van der Waals surface area contributed by atoms with Crippen LogP contribution in [0.3, 0.4) is 0 Å². The number of hydrogen-bond donors (Lipinski definition) is 3. The molecule has 29 heavy (non-hydrogen) atoms. The summed E-state index contributed by atoms with van der Waals surface area (Å²) in [4.78, 5) is 32.1. The van der Waals surface area contributed by atoms with Gasteiger partial charge in [0.05, 0.1) is 0 Å². The third kappa shape index (κ3) is 5.16. The molecule has 0 bridgehead atoms. The number of hydrogen-bond acceptors (Lipinski definition) is 5. The molecule has 0 unspecified atom stereocenters. The summed E-state index contributed by atoms with van der Waals surface area (Å²) in [5, 5.41) is 8.78. The molecule has 0 aliphatic carbocycles. The fourth-order valence-electron chi connectivity index (χ4n) is 2.95. The van der Waals surface area contributed by atoms with Crippen LogP contribution in [0.4, 0.5) is 22.9 Å². The molecule has 0 aliphatic rings. The van der Waals surface area contributed by atoms with Crippen molar-refractivity contribution in [2.24, 2.45) is 0 Å². The van der Waals surface area contributed by atoms with Crippen molar-refractivity contribution < 1.29 is 9.59 Å². The van der Waals surface area contributed by atoms with Gasteiger partial charge < -0.3 is 16.0 Å². The van der Waals surface area contributed by atoms with Crippen LogP contribution < -0.4 is 16.0 Å². The van der Waals surface area contributed by atoms with Crippen molar-refractivity contribution in [3.05, 3.63) is 71.7 Å². The number of anilines is 4. The largest absolute Gasteiger partial charge is 0.340 e. The molecule has 0 saturated heterocycles. The predicted molar refractivity (Wildman–Crippen MR) is 115 cm³/mol. The molecular weight excluding hydrogens is 366 g/mol. The van der Waals surface area contributed by atoms with Gasteiger partial charge in [-0.05, 0) is 42.7 Å². The minimum absolute atomic E-state index is 0.178. The van der Waals surface area contributed by atoms with Crippen LogP contribution in [0.5, 0.6) is 0 Å². The smallest absolute Gasteiger partial charge is 0.274 e. The molecule has 7 nitrogen and oxygen atoms in total. The van der Waals surface area contributed by atoms with Gasteiger partial charge in [-0.1, -0.05) is 31.2 Å². The monoisotopic (exact) mass is 389 g/mol. The van der Waals surface area contributed by atoms with E-state index in [1.165, 1.54) is 18.8 Å². The Balaban J connectivity index is 1.78. The van der Waals surface area contributed by atoms with Crippen LogP contribution in [-0.2, 0) is 11.2 Å². The van der Waals surface area contributed by atoms with Crippen molar-refractivity contribution in [3.63, 3.8) is 0 Å². The van der Waals surface area contributed by atoms with Crippen molar-refractivity contribution in [3.8, 4) is 0 Å². The molecule has 3 aromatic rings. The van der Waals surface area contributed by atoms with E-state index >= 15 is 0 Å². The summed E-state index contributed by atoms with van der Waals surface area (Å²) in [5.74, 6) is -0.000261. The highest BCUT2D eigenvalue weighted by Crippen LogP contribution is 2.24. The summed E-state index contributed by atoms with van der Waals surface area (Å²) < 4.78 is 0. The number of carbonyl (C=O) groups excluding carboxylic acids is 2. The molecule has 7 heteroatoms. The molecule has 2 aromatic carbocycles. The molecule has 3 N–H and O–H groups in total. The van der Waals surface area contributed by atoms with E-state index in [0.29, 0.717) is 17.2 Å². The van der Waals surface area contributed by atoms with Crippen molar-refractivity contribution in [2.75, 3.05) is 16.0 Å². The minimum Gasteiger partial charge on any atom is -0.340 e. The Hall–Kier alpha value is -3.74. The minimum atomic E-state index is -0.365. The van der Waals surface area contributed by atoms with E-state index in [2.05, 4.69) is 38.9 Å². The van der Waals surface area contributed by atoms with Gasteiger partial charge in [0.15, 0.2) is 0 Å². The third-order valence-corrected chi connectivity index (χ3v) is 4.33. The number of benzene rings is 2. The van der Waals surface area contributed by atoms with Gasteiger partial charge >= 0.3 is 0 Å². The quantitative estimate of drug-likeness (QED) is 0.584. The molecule has 0 fully saturated rings. The van der Waals surface area contributed by atoms with Crippen LogP contribution in [0.2, 0.25) is 0 Å². The summed E-state index contributed by atoms with van der Waals surface area (Å²) in [6, 6.07) is 14.6. The zero-order chi connectivity index (χ0) is 20.8. The molecule has 0 spiro atoms. The van der Waals surface area contributed by atoms with Crippen LogP contribution in [0.1, 0.15) is 35.5 Å². The Bertz CT molecular complexity index is 1050. The predicted octanol–water partition coefficient (Wildman–Crippen LogP) is 4.30. The Morgan fingerprint density at radius 1 is 0.966 bits per heavy atom. The molecular formula is C22H23N5O2. The maximum Gasteiger partial charge on any atom is 0.274 e. The average molecular weight is 389 g/mol. The van der Waals surface area contributed by atoms with Gasteiger partial charge in [-0.3, -0.25) is 9.59 Å². The van der Waals surface area contributed by atoms with E-state index in [0.717, 1.165) is 17.7 Å². The van der Waals surface area contributed by atoms with Crippen molar-refractivity contribution >= 4 is 34.7 Å². The molecule has 2 amide bonds. The van der Waals surface area contributed by atoms with E-state index in [9.17, 15) is 9.59 Å². The van der Waals surface area contributed by atoms with Crippen LogP contribution in [-0.4, -0.2) is 21.8 Å². The highest BCUT2D eigenvalue weighted by molar-refractivity contribution is 6.03. The Labute approximate surface area is 169 Å². The summed E-state index contributed by atoms with van der Waals surface area (Å²) in [6.07, 6.45) is 2.24. The zero-order valence-electron chi connectivity index (χ0n) is 16.6. The van der Waals surface area contributed by atoms with Crippen LogP contribution >= 0.6 is 0 Å². The molecule has 1 heterocycles. The maximum absolute atomic E-state index is 12.6. The van der Waals surface area contributed by atoms with E-state index in [1.807, 2.05) is 19.1 Å². The van der Waals surface area contributed by atoms with E-state index < -0.39 is 0 Å². The molecule has 0 aliphatic heterocycles. The Morgan fingerprint density at radius 3 is 2.41 bits per heavy atom. The lowest BCUT2D eigenvalue weighted by Gasteiger charge is -2.14. The number of carbonyl (C=O) groups is 2. The molecule has 0 atom stereocenters. The standard InChI is InChI=1S/C22H23N5O2/c1-4-16-8-5-7-14(2)21(16)27-20-12-19(23-13-24-20)22(29)26-18-10-6-9-17(11-18)25-15(3)28/h5-13H,4H2,1-3H3,(H,25,28)(H,26,29)(H,23,24,27). The summed E-state index contributed by atoms with van der Waals surface area (Å²) in [6.45, 7) is 5.55. The number of aromatic nitrogens is 2. The zero-order valence-corrected chi connectivity index (χ0v) is 16.6. The number of para-hydroxylation sites is 1. The summed E-state index contributed by atoms with van der Waals surface area (Å²) in [5.41, 5.74) is 4.66. The van der Waals surface area contributed by atoms with Gasteiger partial charge in [0, 0.05) is 30.1 Å². The first-order valence-electron chi connectivity index (χ1n) is 9.33. The lowest BCUT2D eigenvalue weighted by atomic mass is 10.1. The molecule has 0 radical (unpaired) electrons. The van der Waals surface area contributed by atoms with Gasteiger partial charge in [0.1, 0.15) is 17.8 Å². The van der Waals surface area contributed by atoms with Crippen LogP contribution in [0, 0.1) is 6.92 Å². The first-order chi connectivity index (χ1) is 14.0. The fraction of sp³-hybridized carbons (Fsp3) is 0.182. The molecule has 3 rings (SSSR count).